The SMILES string of the molecule is CS(=O)(=O)N1CCC(C(=O)N2CCC(c3ccsc3)CC2)CC1. The van der Waals surface area contributed by atoms with Gasteiger partial charge < -0.3 is 4.90 Å². The van der Waals surface area contributed by atoms with Gasteiger partial charge in [0.1, 0.15) is 0 Å². The summed E-state index contributed by atoms with van der Waals surface area (Å²) in [6.07, 6.45) is 4.60. The molecule has 2 fully saturated rings. The van der Waals surface area contributed by atoms with E-state index in [9.17, 15) is 13.2 Å². The standard InChI is InChI=1S/C16H24N2O3S2/c1-23(20,21)18-9-4-14(5-10-18)16(19)17-7-2-13(3-8-17)15-6-11-22-12-15/h6,11-14H,2-5,7-10H2,1H3. The Labute approximate surface area is 142 Å². The number of thiophene rings is 1. The fourth-order valence-corrected chi connectivity index (χ4v) is 5.25. The van der Waals surface area contributed by atoms with Gasteiger partial charge in [-0.05, 0) is 54.0 Å². The first-order valence-corrected chi connectivity index (χ1v) is 11.0. The molecule has 2 aliphatic rings. The van der Waals surface area contributed by atoms with Gasteiger partial charge >= 0.3 is 0 Å². The van der Waals surface area contributed by atoms with Gasteiger partial charge in [0.15, 0.2) is 0 Å². The van der Waals surface area contributed by atoms with Gasteiger partial charge in [0.05, 0.1) is 6.26 Å². The van der Waals surface area contributed by atoms with Gasteiger partial charge in [0.25, 0.3) is 0 Å². The molecule has 0 aliphatic carbocycles. The van der Waals surface area contributed by atoms with Gasteiger partial charge in [-0.1, -0.05) is 0 Å². The van der Waals surface area contributed by atoms with Crippen molar-refractivity contribution >= 4 is 27.3 Å². The van der Waals surface area contributed by atoms with Crippen LogP contribution in [0, 0.1) is 5.92 Å². The molecular weight excluding hydrogens is 332 g/mol. The maximum absolute atomic E-state index is 12.7. The average molecular weight is 357 g/mol. The molecule has 0 aromatic carbocycles. The highest BCUT2D eigenvalue weighted by atomic mass is 32.2. The minimum absolute atomic E-state index is 0.00861. The van der Waals surface area contributed by atoms with E-state index in [1.54, 1.807) is 11.3 Å². The number of carbonyl (C=O) groups excluding carboxylic acids is 1. The van der Waals surface area contributed by atoms with E-state index in [0.29, 0.717) is 31.8 Å². The third kappa shape index (κ3) is 3.95. The lowest BCUT2D eigenvalue weighted by Crippen LogP contribution is -2.46. The molecule has 23 heavy (non-hydrogen) atoms. The van der Waals surface area contributed by atoms with Crippen LogP contribution in [0.15, 0.2) is 16.8 Å². The van der Waals surface area contributed by atoms with Crippen LogP contribution in [0.2, 0.25) is 0 Å². The second-order valence-electron chi connectivity index (χ2n) is 6.59. The van der Waals surface area contributed by atoms with Gasteiger partial charge in [-0.3, -0.25) is 4.79 Å². The van der Waals surface area contributed by atoms with Gasteiger partial charge in [-0.25, -0.2) is 12.7 Å². The van der Waals surface area contributed by atoms with Crippen LogP contribution in [0.25, 0.3) is 0 Å². The van der Waals surface area contributed by atoms with Crippen molar-refractivity contribution in [2.75, 3.05) is 32.4 Å². The smallest absolute Gasteiger partial charge is 0.225 e. The molecule has 0 N–H and O–H groups in total. The van der Waals surface area contributed by atoms with E-state index in [1.807, 2.05) is 4.90 Å². The molecular formula is C16H24N2O3S2. The summed E-state index contributed by atoms with van der Waals surface area (Å²) in [6, 6.07) is 2.19. The number of hydrogen-bond acceptors (Lipinski definition) is 4. The highest BCUT2D eigenvalue weighted by Crippen LogP contribution is 2.31. The van der Waals surface area contributed by atoms with Gasteiger partial charge in [0, 0.05) is 32.1 Å². The largest absolute Gasteiger partial charge is 0.342 e. The van der Waals surface area contributed by atoms with Crippen molar-refractivity contribution in [3.8, 4) is 0 Å². The summed E-state index contributed by atoms with van der Waals surface area (Å²) in [5, 5.41) is 4.32. The molecule has 128 valence electrons. The first-order valence-electron chi connectivity index (χ1n) is 8.21. The van der Waals surface area contributed by atoms with Crippen molar-refractivity contribution in [3.05, 3.63) is 22.4 Å². The molecule has 2 aliphatic heterocycles. The topological polar surface area (TPSA) is 57.7 Å². The van der Waals surface area contributed by atoms with E-state index >= 15 is 0 Å². The van der Waals surface area contributed by atoms with Crippen LogP contribution in [0.5, 0.6) is 0 Å². The lowest BCUT2D eigenvalue weighted by atomic mass is 9.89. The van der Waals surface area contributed by atoms with E-state index < -0.39 is 10.0 Å². The number of carbonyl (C=O) groups is 1. The van der Waals surface area contributed by atoms with Crippen LogP contribution < -0.4 is 0 Å². The van der Waals surface area contributed by atoms with Crippen LogP contribution in [-0.2, 0) is 14.8 Å². The summed E-state index contributed by atoms with van der Waals surface area (Å²) in [5.41, 5.74) is 1.41. The highest BCUT2D eigenvalue weighted by molar-refractivity contribution is 7.88. The van der Waals surface area contributed by atoms with Gasteiger partial charge in [-0.15, -0.1) is 0 Å². The molecule has 1 amide bonds. The Morgan fingerprint density at radius 1 is 1.13 bits per heavy atom. The number of hydrogen-bond donors (Lipinski definition) is 0. The molecule has 3 rings (SSSR count). The summed E-state index contributed by atoms with van der Waals surface area (Å²) < 4.78 is 24.6. The van der Waals surface area contributed by atoms with Crippen LogP contribution in [0.3, 0.4) is 0 Å². The molecule has 1 aromatic rings. The Hall–Kier alpha value is -0.920. The molecule has 0 bridgehead atoms. The molecule has 0 unspecified atom stereocenters. The summed E-state index contributed by atoms with van der Waals surface area (Å²) >= 11 is 1.73. The number of likely N-dealkylation sites (tertiary alicyclic amines) is 1. The highest BCUT2D eigenvalue weighted by Gasteiger charge is 2.33. The second-order valence-corrected chi connectivity index (χ2v) is 9.36. The number of nitrogens with zero attached hydrogens (tertiary/aromatic N) is 2. The Kier molecular flexibility index (Phi) is 5.08. The molecule has 0 radical (unpaired) electrons. The van der Waals surface area contributed by atoms with Crippen molar-refractivity contribution in [1.82, 2.24) is 9.21 Å². The van der Waals surface area contributed by atoms with Crippen LogP contribution in [0.1, 0.15) is 37.2 Å². The molecule has 0 spiro atoms. The van der Waals surface area contributed by atoms with Gasteiger partial charge in [-0.2, -0.15) is 11.3 Å². The summed E-state index contributed by atoms with van der Waals surface area (Å²) in [6.45, 7) is 2.60. The molecule has 2 saturated heterocycles. The van der Waals surface area contributed by atoms with Gasteiger partial charge in [0.2, 0.25) is 15.9 Å². The van der Waals surface area contributed by atoms with Crippen LogP contribution in [-0.4, -0.2) is 56.0 Å². The summed E-state index contributed by atoms with van der Waals surface area (Å²) in [4.78, 5) is 14.7. The summed E-state index contributed by atoms with van der Waals surface area (Å²) in [7, 11) is -3.12. The lowest BCUT2D eigenvalue weighted by molar-refractivity contribution is -0.137. The van der Waals surface area contributed by atoms with Crippen molar-refractivity contribution in [3.63, 3.8) is 0 Å². The number of rotatable bonds is 3. The second kappa shape index (κ2) is 6.91. The van der Waals surface area contributed by atoms with Crippen molar-refractivity contribution < 1.29 is 13.2 Å². The zero-order valence-corrected chi connectivity index (χ0v) is 15.1. The predicted octanol–water partition coefficient (Wildman–Crippen LogP) is 2.13. The Morgan fingerprint density at radius 3 is 2.30 bits per heavy atom. The molecule has 3 heterocycles. The number of sulfonamides is 1. The first-order chi connectivity index (χ1) is 10.9. The quantitative estimate of drug-likeness (QED) is 0.834. The zero-order chi connectivity index (χ0) is 16.4. The van der Waals surface area contributed by atoms with Crippen LogP contribution in [0.4, 0.5) is 0 Å². The Bertz CT molecular complexity index is 626. The molecule has 5 nitrogen and oxygen atoms in total. The molecule has 0 atom stereocenters. The Morgan fingerprint density at radius 2 is 1.78 bits per heavy atom. The predicted molar refractivity (Wildman–Crippen MR) is 92.0 cm³/mol. The number of piperidine rings is 2. The van der Waals surface area contributed by atoms with E-state index in [2.05, 4.69) is 16.8 Å². The maximum Gasteiger partial charge on any atom is 0.225 e. The van der Waals surface area contributed by atoms with E-state index in [0.717, 1.165) is 25.9 Å². The normalized spacial score (nSPS) is 22.4. The maximum atomic E-state index is 12.7. The monoisotopic (exact) mass is 356 g/mol. The number of amides is 1. The van der Waals surface area contributed by atoms with E-state index in [4.69, 9.17) is 0 Å². The van der Waals surface area contributed by atoms with Crippen molar-refractivity contribution in [1.29, 1.82) is 0 Å². The fourth-order valence-electron chi connectivity index (χ4n) is 3.63. The molecule has 7 heteroatoms. The van der Waals surface area contributed by atoms with Crippen molar-refractivity contribution in [2.24, 2.45) is 5.92 Å². The lowest BCUT2D eigenvalue weighted by Gasteiger charge is -2.36. The minimum atomic E-state index is -3.12. The van der Waals surface area contributed by atoms with E-state index in [-0.39, 0.29) is 11.8 Å². The minimum Gasteiger partial charge on any atom is -0.342 e. The third-order valence-electron chi connectivity index (χ3n) is 5.09. The van der Waals surface area contributed by atoms with Crippen LogP contribution >= 0.6 is 11.3 Å². The average Bonchev–Trinajstić information content (AvgIpc) is 3.08. The molecule has 0 saturated carbocycles. The first kappa shape index (κ1) is 16.9. The van der Waals surface area contributed by atoms with Crippen molar-refractivity contribution in [2.45, 2.75) is 31.6 Å². The zero-order valence-electron chi connectivity index (χ0n) is 13.5. The fraction of sp³-hybridized carbons (Fsp3) is 0.688. The van der Waals surface area contributed by atoms with E-state index in [1.165, 1.54) is 16.1 Å². The third-order valence-corrected chi connectivity index (χ3v) is 7.10. The summed E-state index contributed by atoms with van der Waals surface area (Å²) in [5.74, 6) is 0.796. The Balaban J connectivity index is 1.50. The molecule has 1 aromatic heterocycles.